The first-order valence-corrected chi connectivity index (χ1v) is 8.37. The fourth-order valence-corrected chi connectivity index (χ4v) is 4.10. The maximum absolute atomic E-state index is 12.4. The summed E-state index contributed by atoms with van der Waals surface area (Å²) >= 11 is 3.29. The summed E-state index contributed by atoms with van der Waals surface area (Å²) in [5.74, 6) is 0.352. The molecule has 1 saturated heterocycles. The van der Waals surface area contributed by atoms with Gasteiger partial charge in [-0.3, -0.25) is 0 Å². The van der Waals surface area contributed by atoms with Crippen LogP contribution in [0.5, 0.6) is 5.75 Å². The van der Waals surface area contributed by atoms with E-state index < -0.39 is 10.0 Å². The van der Waals surface area contributed by atoms with E-state index in [1.165, 1.54) is 7.11 Å². The van der Waals surface area contributed by atoms with E-state index in [9.17, 15) is 8.42 Å². The van der Waals surface area contributed by atoms with E-state index in [2.05, 4.69) is 26.0 Å². The summed E-state index contributed by atoms with van der Waals surface area (Å²) in [5.41, 5.74) is 0. The summed E-state index contributed by atoms with van der Waals surface area (Å²) in [5, 5.41) is 3.20. The molecule has 0 atom stereocenters. The molecule has 1 fully saturated rings. The molecule has 0 unspecified atom stereocenters. The van der Waals surface area contributed by atoms with Crippen LogP contribution in [0.4, 0.5) is 0 Å². The predicted molar refractivity (Wildman–Crippen MR) is 84.2 cm³/mol. The number of hydrogen-bond acceptors (Lipinski definition) is 4. The Labute approximate surface area is 134 Å². The zero-order valence-corrected chi connectivity index (χ0v) is 14.3. The molecule has 2 N–H and O–H groups in total. The molecular formula is C12H18BrClN2O3S. The average molecular weight is 386 g/mol. The highest BCUT2D eigenvalue weighted by atomic mass is 79.9. The molecule has 20 heavy (non-hydrogen) atoms. The number of nitrogens with one attached hydrogen (secondary N) is 2. The Bertz CT molecular complexity index is 548. The summed E-state index contributed by atoms with van der Waals surface area (Å²) in [4.78, 5) is 0.169. The second kappa shape index (κ2) is 7.61. The van der Waals surface area contributed by atoms with E-state index in [0.29, 0.717) is 10.2 Å². The minimum atomic E-state index is -3.56. The van der Waals surface area contributed by atoms with Gasteiger partial charge in [-0.1, -0.05) is 15.9 Å². The van der Waals surface area contributed by atoms with Crippen LogP contribution in [0.25, 0.3) is 0 Å². The molecular weight excluding hydrogens is 368 g/mol. The number of methoxy groups -OCH3 is 1. The molecule has 1 heterocycles. The summed E-state index contributed by atoms with van der Waals surface area (Å²) in [6.07, 6.45) is 1.60. The first-order chi connectivity index (χ1) is 9.03. The molecule has 5 nitrogen and oxygen atoms in total. The lowest BCUT2D eigenvalue weighted by Gasteiger charge is -2.24. The Kier molecular flexibility index (Phi) is 6.74. The van der Waals surface area contributed by atoms with Crippen molar-refractivity contribution >= 4 is 38.4 Å². The van der Waals surface area contributed by atoms with Crippen LogP contribution in [0.2, 0.25) is 0 Å². The first kappa shape index (κ1) is 17.7. The fraction of sp³-hybridized carbons (Fsp3) is 0.500. The predicted octanol–water partition coefficient (Wildman–Crippen LogP) is 1.91. The maximum Gasteiger partial charge on any atom is 0.244 e. The molecule has 8 heteroatoms. The summed E-state index contributed by atoms with van der Waals surface area (Å²) in [6, 6.07) is 4.93. The summed E-state index contributed by atoms with van der Waals surface area (Å²) in [7, 11) is -2.09. The number of halogens is 2. The molecule has 0 aromatic heterocycles. The SMILES string of the molecule is COc1ccc(Br)cc1S(=O)(=O)NC1CCNCC1.Cl. The van der Waals surface area contributed by atoms with Crippen molar-refractivity contribution in [3.63, 3.8) is 0 Å². The highest BCUT2D eigenvalue weighted by Crippen LogP contribution is 2.27. The van der Waals surface area contributed by atoms with Crippen molar-refractivity contribution in [3.8, 4) is 5.75 Å². The molecule has 2 rings (SSSR count). The van der Waals surface area contributed by atoms with Gasteiger partial charge in [-0.2, -0.15) is 0 Å². The number of rotatable bonds is 4. The third-order valence-corrected chi connectivity index (χ3v) is 5.11. The molecule has 0 saturated carbocycles. The zero-order chi connectivity index (χ0) is 13.9. The van der Waals surface area contributed by atoms with Crippen LogP contribution >= 0.6 is 28.3 Å². The van der Waals surface area contributed by atoms with Crippen molar-refractivity contribution in [3.05, 3.63) is 22.7 Å². The monoisotopic (exact) mass is 384 g/mol. The molecule has 1 aliphatic rings. The lowest BCUT2D eigenvalue weighted by molar-refractivity contribution is 0.399. The van der Waals surface area contributed by atoms with Crippen molar-refractivity contribution in [2.24, 2.45) is 0 Å². The number of ether oxygens (including phenoxy) is 1. The molecule has 1 aliphatic heterocycles. The standard InChI is InChI=1S/C12H17BrN2O3S.ClH/c1-18-11-3-2-9(13)8-12(11)19(16,17)15-10-4-6-14-7-5-10;/h2-3,8,10,14-15H,4-7H2,1H3;1H. The van der Waals surface area contributed by atoms with Crippen LogP contribution in [0.15, 0.2) is 27.6 Å². The van der Waals surface area contributed by atoms with Crippen LogP contribution < -0.4 is 14.8 Å². The van der Waals surface area contributed by atoms with Gasteiger partial charge in [0, 0.05) is 10.5 Å². The van der Waals surface area contributed by atoms with Gasteiger partial charge in [-0.05, 0) is 44.1 Å². The van der Waals surface area contributed by atoms with Crippen LogP contribution in [0, 0.1) is 0 Å². The van der Waals surface area contributed by atoms with Crippen molar-refractivity contribution in [2.75, 3.05) is 20.2 Å². The molecule has 1 aromatic rings. The largest absolute Gasteiger partial charge is 0.495 e. The van der Waals surface area contributed by atoms with E-state index >= 15 is 0 Å². The van der Waals surface area contributed by atoms with Gasteiger partial charge in [0.05, 0.1) is 7.11 Å². The van der Waals surface area contributed by atoms with Crippen molar-refractivity contribution in [1.29, 1.82) is 0 Å². The van der Waals surface area contributed by atoms with E-state index in [-0.39, 0.29) is 23.3 Å². The lowest BCUT2D eigenvalue weighted by Crippen LogP contribution is -2.42. The van der Waals surface area contributed by atoms with Gasteiger partial charge < -0.3 is 10.1 Å². The second-order valence-corrected chi connectivity index (χ2v) is 7.04. The number of sulfonamides is 1. The Balaban J connectivity index is 0.00000200. The lowest BCUT2D eigenvalue weighted by atomic mass is 10.1. The number of benzene rings is 1. The molecule has 0 spiro atoms. The minimum absolute atomic E-state index is 0. The van der Waals surface area contributed by atoms with Gasteiger partial charge in [0.25, 0.3) is 0 Å². The van der Waals surface area contributed by atoms with Gasteiger partial charge in [0.15, 0.2) is 0 Å². The number of piperidine rings is 1. The Morgan fingerprint density at radius 2 is 2.00 bits per heavy atom. The van der Waals surface area contributed by atoms with Gasteiger partial charge in [-0.15, -0.1) is 12.4 Å². The molecule has 0 amide bonds. The van der Waals surface area contributed by atoms with E-state index in [1.807, 2.05) is 0 Å². The smallest absolute Gasteiger partial charge is 0.244 e. The molecule has 0 bridgehead atoms. The average Bonchev–Trinajstić information content (AvgIpc) is 2.39. The van der Waals surface area contributed by atoms with Crippen molar-refractivity contribution in [2.45, 2.75) is 23.8 Å². The highest BCUT2D eigenvalue weighted by Gasteiger charge is 2.24. The van der Waals surface area contributed by atoms with E-state index in [0.717, 1.165) is 25.9 Å². The highest BCUT2D eigenvalue weighted by molar-refractivity contribution is 9.10. The van der Waals surface area contributed by atoms with E-state index in [4.69, 9.17) is 4.74 Å². The third kappa shape index (κ3) is 4.33. The van der Waals surface area contributed by atoms with Gasteiger partial charge in [0.2, 0.25) is 10.0 Å². The van der Waals surface area contributed by atoms with Gasteiger partial charge >= 0.3 is 0 Å². The van der Waals surface area contributed by atoms with Crippen LogP contribution in [0.1, 0.15) is 12.8 Å². The van der Waals surface area contributed by atoms with Crippen LogP contribution in [0.3, 0.4) is 0 Å². The van der Waals surface area contributed by atoms with Crippen molar-refractivity contribution in [1.82, 2.24) is 10.0 Å². The van der Waals surface area contributed by atoms with Gasteiger partial charge in [0.1, 0.15) is 10.6 Å². The number of hydrogen-bond donors (Lipinski definition) is 2. The topological polar surface area (TPSA) is 67.4 Å². The van der Waals surface area contributed by atoms with E-state index in [1.54, 1.807) is 18.2 Å². The Morgan fingerprint density at radius 1 is 1.35 bits per heavy atom. The Hall–Kier alpha value is -0.340. The normalized spacial score (nSPS) is 16.5. The van der Waals surface area contributed by atoms with Crippen molar-refractivity contribution < 1.29 is 13.2 Å². The zero-order valence-electron chi connectivity index (χ0n) is 11.1. The second-order valence-electron chi connectivity index (χ2n) is 4.44. The van der Waals surface area contributed by atoms with Crippen LogP contribution in [-0.2, 0) is 10.0 Å². The Morgan fingerprint density at radius 3 is 2.60 bits per heavy atom. The molecule has 0 radical (unpaired) electrons. The van der Waals surface area contributed by atoms with Crippen LogP contribution in [-0.4, -0.2) is 34.7 Å². The maximum atomic E-state index is 12.4. The minimum Gasteiger partial charge on any atom is -0.495 e. The first-order valence-electron chi connectivity index (χ1n) is 6.09. The molecule has 1 aromatic carbocycles. The summed E-state index contributed by atoms with van der Waals surface area (Å²) < 4.78 is 33.4. The third-order valence-electron chi connectivity index (χ3n) is 3.08. The fourth-order valence-electron chi connectivity index (χ4n) is 2.08. The quantitative estimate of drug-likeness (QED) is 0.831. The summed E-state index contributed by atoms with van der Waals surface area (Å²) in [6.45, 7) is 1.67. The van der Waals surface area contributed by atoms with Gasteiger partial charge in [-0.25, -0.2) is 13.1 Å². The molecule has 114 valence electrons. The molecule has 0 aliphatic carbocycles.